The zero-order valence-corrected chi connectivity index (χ0v) is 11.8. The van der Waals surface area contributed by atoms with Crippen LogP contribution in [0.15, 0.2) is 12.1 Å². The molecule has 1 saturated carbocycles. The first kappa shape index (κ1) is 13.3. The van der Waals surface area contributed by atoms with Crippen LogP contribution in [-0.2, 0) is 11.3 Å². The van der Waals surface area contributed by atoms with Crippen molar-refractivity contribution in [3.05, 3.63) is 21.3 Å². The minimum absolute atomic E-state index is 0.470. The fourth-order valence-corrected chi connectivity index (χ4v) is 3.44. The molecule has 0 amide bonds. The van der Waals surface area contributed by atoms with Crippen molar-refractivity contribution in [3.63, 3.8) is 0 Å². The first-order chi connectivity index (χ1) is 8.28. The van der Waals surface area contributed by atoms with Crippen LogP contribution in [-0.4, -0.2) is 19.3 Å². The highest BCUT2D eigenvalue weighted by Crippen LogP contribution is 2.23. The summed E-state index contributed by atoms with van der Waals surface area (Å²) in [4.78, 5) is 1.32. The number of halogens is 1. The number of nitrogens with one attached hydrogen (secondary N) is 1. The summed E-state index contributed by atoms with van der Waals surface area (Å²) in [5.41, 5.74) is 0. The summed E-state index contributed by atoms with van der Waals surface area (Å²) in [6.45, 7) is 0.944. The van der Waals surface area contributed by atoms with Crippen LogP contribution in [0.25, 0.3) is 0 Å². The Labute approximate surface area is 112 Å². The Morgan fingerprint density at radius 3 is 2.94 bits per heavy atom. The monoisotopic (exact) mass is 273 g/mol. The lowest BCUT2D eigenvalue weighted by molar-refractivity contribution is 0.0894. The van der Waals surface area contributed by atoms with E-state index in [0.29, 0.717) is 12.1 Å². The lowest BCUT2D eigenvalue weighted by Crippen LogP contribution is -2.27. The molecule has 1 heterocycles. The third-order valence-electron chi connectivity index (χ3n) is 3.44. The van der Waals surface area contributed by atoms with Gasteiger partial charge < -0.3 is 10.1 Å². The Morgan fingerprint density at radius 1 is 1.35 bits per heavy atom. The summed E-state index contributed by atoms with van der Waals surface area (Å²) < 4.78 is 6.32. The van der Waals surface area contributed by atoms with Crippen LogP contribution >= 0.6 is 22.9 Å². The Bertz CT molecular complexity index is 342. The average Bonchev–Trinajstić information content (AvgIpc) is 2.63. The van der Waals surface area contributed by atoms with Crippen molar-refractivity contribution in [3.8, 4) is 0 Å². The zero-order valence-electron chi connectivity index (χ0n) is 10.2. The Hall–Kier alpha value is -0.0900. The molecule has 1 aromatic rings. The van der Waals surface area contributed by atoms with Crippen molar-refractivity contribution >= 4 is 22.9 Å². The number of ether oxygens (including phenoxy) is 1. The molecule has 1 aliphatic carbocycles. The van der Waals surface area contributed by atoms with Crippen LogP contribution < -0.4 is 5.32 Å². The molecule has 4 heteroatoms. The van der Waals surface area contributed by atoms with Gasteiger partial charge in [-0.25, -0.2) is 0 Å². The molecule has 0 aliphatic heterocycles. The molecule has 0 aromatic carbocycles. The smallest absolute Gasteiger partial charge is 0.0931 e. The van der Waals surface area contributed by atoms with E-state index < -0.39 is 0 Å². The van der Waals surface area contributed by atoms with Gasteiger partial charge in [-0.1, -0.05) is 11.6 Å². The summed E-state index contributed by atoms with van der Waals surface area (Å²) in [7, 11) is 1.83. The number of hydrogen-bond donors (Lipinski definition) is 1. The normalized spacial score (nSPS) is 25.8. The first-order valence-corrected chi connectivity index (χ1v) is 7.48. The molecule has 1 N–H and O–H groups in total. The van der Waals surface area contributed by atoms with Crippen molar-refractivity contribution in [1.82, 2.24) is 5.32 Å². The molecule has 0 saturated heterocycles. The topological polar surface area (TPSA) is 21.3 Å². The average molecular weight is 274 g/mol. The van der Waals surface area contributed by atoms with Crippen molar-refractivity contribution in [2.75, 3.05) is 7.11 Å². The maximum absolute atomic E-state index is 5.92. The fraction of sp³-hybridized carbons (Fsp3) is 0.692. The molecule has 96 valence electrons. The molecule has 2 unspecified atom stereocenters. The van der Waals surface area contributed by atoms with Gasteiger partial charge >= 0.3 is 0 Å². The second-order valence-electron chi connectivity index (χ2n) is 4.65. The van der Waals surface area contributed by atoms with Gasteiger partial charge in [0.1, 0.15) is 0 Å². The quantitative estimate of drug-likeness (QED) is 0.842. The molecule has 2 nitrogen and oxygen atoms in total. The van der Waals surface area contributed by atoms with Gasteiger partial charge in [0.05, 0.1) is 10.4 Å². The van der Waals surface area contributed by atoms with Gasteiger partial charge in [0, 0.05) is 24.6 Å². The number of methoxy groups -OCH3 is 1. The van der Waals surface area contributed by atoms with E-state index in [9.17, 15) is 0 Å². The Kier molecular flexibility index (Phi) is 5.29. The van der Waals surface area contributed by atoms with Crippen LogP contribution in [0, 0.1) is 0 Å². The van der Waals surface area contributed by atoms with Gasteiger partial charge in [0.25, 0.3) is 0 Å². The standard InChI is InChI=1S/C13H20ClNOS/c1-16-11-4-2-3-10(5-6-11)15-9-12-7-8-13(14)17-12/h7-8,10-11,15H,2-6,9H2,1H3. The van der Waals surface area contributed by atoms with Gasteiger partial charge in [0.2, 0.25) is 0 Å². The van der Waals surface area contributed by atoms with Crippen LogP contribution in [0.4, 0.5) is 0 Å². The van der Waals surface area contributed by atoms with E-state index in [1.54, 1.807) is 11.3 Å². The van der Waals surface area contributed by atoms with E-state index in [4.69, 9.17) is 16.3 Å². The highest BCUT2D eigenvalue weighted by molar-refractivity contribution is 7.16. The van der Waals surface area contributed by atoms with Crippen LogP contribution in [0.3, 0.4) is 0 Å². The predicted octanol–water partition coefficient (Wildman–Crippen LogP) is 3.84. The molecule has 1 aliphatic rings. The maximum Gasteiger partial charge on any atom is 0.0931 e. The van der Waals surface area contributed by atoms with Crippen molar-refractivity contribution in [2.24, 2.45) is 0 Å². The Balaban J connectivity index is 1.75. The SMILES string of the molecule is COC1CCCC(NCc2ccc(Cl)s2)CC1. The molecule has 2 rings (SSSR count). The lowest BCUT2D eigenvalue weighted by Gasteiger charge is -2.16. The molecule has 0 spiro atoms. The number of rotatable bonds is 4. The van der Waals surface area contributed by atoms with E-state index in [1.165, 1.54) is 37.0 Å². The molecule has 0 bridgehead atoms. The summed E-state index contributed by atoms with van der Waals surface area (Å²) >= 11 is 7.58. The lowest BCUT2D eigenvalue weighted by atomic mass is 10.1. The van der Waals surface area contributed by atoms with Gasteiger partial charge in [-0.2, -0.15) is 0 Å². The largest absolute Gasteiger partial charge is 0.381 e. The van der Waals surface area contributed by atoms with E-state index >= 15 is 0 Å². The van der Waals surface area contributed by atoms with Crippen molar-refractivity contribution in [1.29, 1.82) is 0 Å². The van der Waals surface area contributed by atoms with E-state index in [2.05, 4.69) is 11.4 Å². The first-order valence-electron chi connectivity index (χ1n) is 6.28. The zero-order chi connectivity index (χ0) is 12.1. The second kappa shape index (κ2) is 6.74. The van der Waals surface area contributed by atoms with Gasteiger partial charge in [-0.3, -0.25) is 0 Å². The van der Waals surface area contributed by atoms with Crippen LogP contribution in [0.1, 0.15) is 37.0 Å². The summed E-state index contributed by atoms with van der Waals surface area (Å²) in [5, 5.41) is 3.63. The molecule has 1 aromatic heterocycles. The number of hydrogen-bond acceptors (Lipinski definition) is 3. The predicted molar refractivity (Wildman–Crippen MR) is 73.8 cm³/mol. The summed E-state index contributed by atoms with van der Waals surface area (Å²) in [6.07, 6.45) is 6.61. The van der Waals surface area contributed by atoms with Gasteiger partial charge in [-0.05, 0) is 44.2 Å². The minimum atomic E-state index is 0.470. The molecule has 0 radical (unpaired) electrons. The molecule has 17 heavy (non-hydrogen) atoms. The molecule has 1 fully saturated rings. The summed E-state index contributed by atoms with van der Waals surface area (Å²) in [6, 6.07) is 4.71. The second-order valence-corrected chi connectivity index (χ2v) is 6.45. The van der Waals surface area contributed by atoms with Crippen LogP contribution in [0.5, 0.6) is 0 Å². The van der Waals surface area contributed by atoms with Crippen molar-refractivity contribution in [2.45, 2.75) is 50.8 Å². The van der Waals surface area contributed by atoms with Gasteiger partial charge in [-0.15, -0.1) is 11.3 Å². The van der Waals surface area contributed by atoms with Crippen molar-refractivity contribution < 1.29 is 4.74 Å². The fourth-order valence-electron chi connectivity index (χ4n) is 2.40. The highest BCUT2D eigenvalue weighted by atomic mass is 35.5. The minimum Gasteiger partial charge on any atom is -0.381 e. The van der Waals surface area contributed by atoms with Gasteiger partial charge in [0.15, 0.2) is 0 Å². The molecule has 2 atom stereocenters. The highest BCUT2D eigenvalue weighted by Gasteiger charge is 2.18. The van der Waals surface area contributed by atoms with Crippen LogP contribution in [0.2, 0.25) is 4.34 Å². The number of thiophene rings is 1. The third-order valence-corrected chi connectivity index (χ3v) is 4.67. The molecular weight excluding hydrogens is 254 g/mol. The van der Waals surface area contributed by atoms with E-state index in [1.807, 2.05) is 13.2 Å². The summed E-state index contributed by atoms with van der Waals surface area (Å²) in [5.74, 6) is 0. The van der Waals surface area contributed by atoms with E-state index in [0.717, 1.165) is 10.9 Å². The van der Waals surface area contributed by atoms with E-state index in [-0.39, 0.29) is 0 Å². The third kappa shape index (κ3) is 4.25. The maximum atomic E-state index is 5.92. The molecular formula is C13H20ClNOS. The Morgan fingerprint density at radius 2 is 2.24 bits per heavy atom.